The molecule has 0 aromatic heterocycles. The van der Waals surface area contributed by atoms with Gasteiger partial charge < -0.3 is 0 Å². The van der Waals surface area contributed by atoms with E-state index in [4.69, 9.17) is 0 Å². The lowest BCUT2D eigenvalue weighted by Gasteiger charge is -2.00. The smallest absolute Gasteiger partial charge is 0.0178 e. The SMILES string of the molecule is CCC.CCC.c1ccc2cc3ccccc3cc2c1. The van der Waals surface area contributed by atoms with Crippen LogP contribution in [-0.2, 0) is 0 Å². The maximum absolute atomic E-state index is 2.24. The maximum atomic E-state index is 2.24. The van der Waals surface area contributed by atoms with E-state index >= 15 is 0 Å². The van der Waals surface area contributed by atoms with Crippen LogP contribution in [0.25, 0.3) is 21.5 Å². The molecule has 0 fully saturated rings. The molecule has 20 heavy (non-hydrogen) atoms. The second-order valence-corrected chi connectivity index (χ2v) is 4.96. The first-order valence-corrected chi connectivity index (χ1v) is 7.64. The van der Waals surface area contributed by atoms with Crippen molar-refractivity contribution in [3.8, 4) is 0 Å². The largest absolute Gasteiger partial charge is 0.0656 e. The van der Waals surface area contributed by atoms with Crippen LogP contribution in [0.4, 0.5) is 0 Å². The van der Waals surface area contributed by atoms with E-state index in [1.807, 2.05) is 0 Å². The van der Waals surface area contributed by atoms with E-state index in [2.05, 4.69) is 88.4 Å². The van der Waals surface area contributed by atoms with Crippen molar-refractivity contribution >= 4 is 21.5 Å². The maximum Gasteiger partial charge on any atom is -0.0178 e. The summed E-state index contributed by atoms with van der Waals surface area (Å²) in [5.41, 5.74) is 0. The van der Waals surface area contributed by atoms with E-state index in [-0.39, 0.29) is 0 Å². The lowest BCUT2D eigenvalue weighted by atomic mass is 10.0. The van der Waals surface area contributed by atoms with Crippen molar-refractivity contribution in [3.63, 3.8) is 0 Å². The summed E-state index contributed by atoms with van der Waals surface area (Å²) in [6.45, 7) is 8.50. The van der Waals surface area contributed by atoms with Gasteiger partial charge >= 0.3 is 0 Å². The fourth-order valence-corrected chi connectivity index (χ4v) is 1.88. The Hall–Kier alpha value is -1.82. The summed E-state index contributed by atoms with van der Waals surface area (Å²) in [5, 5.41) is 5.25. The molecule has 0 nitrogen and oxygen atoms in total. The molecule has 106 valence electrons. The van der Waals surface area contributed by atoms with Crippen molar-refractivity contribution in [2.75, 3.05) is 0 Å². The van der Waals surface area contributed by atoms with Gasteiger partial charge in [-0.2, -0.15) is 0 Å². The molecule has 0 N–H and O–H groups in total. The molecule has 0 aliphatic rings. The fraction of sp³-hybridized carbons (Fsp3) is 0.300. The van der Waals surface area contributed by atoms with Gasteiger partial charge in [-0.25, -0.2) is 0 Å². The zero-order valence-electron chi connectivity index (χ0n) is 13.2. The van der Waals surface area contributed by atoms with Gasteiger partial charge in [0.1, 0.15) is 0 Å². The Bertz CT molecular complexity index is 516. The van der Waals surface area contributed by atoms with Gasteiger partial charge in [-0.3, -0.25) is 0 Å². The Balaban J connectivity index is 0.000000290. The molecule has 0 unspecified atom stereocenters. The summed E-state index contributed by atoms with van der Waals surface area (Å²) in [6, 6.07) is 21.4. The number of hydrogen-bond donors (Lipinski definition) is 0. The Morgan fingerprint density at radius 3 is 0.900 bits per heavy atom. The van der Waals surface area contributed by atoms with Gasteiger partial charge in [0.15, 0.2) is 0 Å². The summed E-state index contributed by atoms with van der Waals surface area (Å²) in [7, 11) is 0. The second kappa shape index (κ2) is 9.14. The van der Waals surface area contributed by atoms with Gasteiger partial charge in [0.05, 0.1) is 0 Å². The molecule has 3 aromatic carbocycles. The van der Waals surface area contributed by atoms with Gasteiger partial charge in [0.2, 0.25) is 0 Å². The van der Waals surface area contributed by atoms with Crippen LogP contribution in [0, 0.1) is 0 Å². The molecule has 0 amide bonds. The van der Waals surface area contributed by atoms with Crippen molar-refractivity contribution in [3.05, 3.63) is 60.7 Å². The van der Waals surface area contributed by atoms with Crippen molar-refractivity contribution in [1.82, 2.24) is 0 Å². The van der Waals surface area contributed by atoms with Crippen LogP contribution in [0.3, 0.4) is 0 Å². The minimum absolute atomic E-state index is 1.25. The predicted molar refractivity (Wildman–Crippen MR) is 93.4 cm³/mol. The first kappa shape index (κ1) is 16.2. The van der Waals surface area contributed by atoms with E-state index in [1.54, 1.807) is 0 Å². The third kappa shape index (κ3) is 4.70. The molecule has 3 aromatic rings. The van der Waals surface area contributed by atoms with Crippen molar-refractivity contribution in [2.45, 2.75) is 40.5 Å². The molecule has 0 aliphatic heterocycles. The Morgan fingerprint density at radius 1 is 0.500 bits per heavy atom. The number of hydrogen-bond acceptors (Lipinski definition) is 0. The molecule has 0 radical (unpaired) electrons. The normalized spacial score (nSPS) is 9.40. The van der Waals surface area contributed by atoms with Gasteiger partial charge in [-0.05, 0) is 33.7 Å². The zero-order valence-corrected chi connectivity index (χ0v) is 13.2. The van der Waals surface area contributed by atoms with Crippen LogP contribution in [-0.4, -0.2) is 0 Å². The summed E-state index contributed by atoms with van der Waals surface area (Å²) in [4.78, 5) is 0. The summed E-state index contributed by atoms with van der Waals surface area (Å²) in [6.07, 6.45) is 2.50. The Morgan fingerprint density at radius 2 is 0.700 bits per heavy atom. The quantitative estimate of drug-likeness (QED) is 0.391. The van der Waals surface area contributed by atoms with Crippen LogP contribution in [0.1, 0.15) is 40.5 Å². The average Bonchev–Trinajstić information content (AvgIpc) is 2.47. The molecular formula is C20H26. The van der Waals surface area contributed by atoms with Crippen LogP contribution >= 0.6 is 0 Å². The van der Waals surface area contributed by atoms with Crippen molar-refractivity contribution < 1.29 is 0 Å². The first-order valence-electron chi connectivity index (χ1n) is 7.64. The average molecular weight is 266 g/mol. The number of fused-ring (bicyclic) bond motifs is 2. The minimum atomic E-state index is 1.25. The van der Waals surface area contributed by atoms with E-state index in [0.717, 1.165) is 0 Å². The molecule has 0 aliphatic carbocycles. The van der Waals surface area contributed by atoms with E-state index in [1.165, 1.54) is 34.4 Å². The Labute approximate surface area is 123 Å². The Kier molecular flexibility index (Phi) is 7.42. The molecule has 3 rings (SSSR count). The van der Waals surface area contributed by atoms with Crippen LogP contribution in [0.5, 0.6) is 0 Å². The minimum Gasteiger partial charge on any atom is -0.0656 e. The number of benzene rings is 3. The van der Waals surface area contributed by atoms with E-state index < -0.39 is 0 Å². The number of rotatable bonds is 0. The van der Waals surface area contributed by atoms with Crippen molar-refractivity contribution in [2.24, 2.45) is 0 Å². The molecule has 0 heteroatoms. The molecule has 0 saturated carbocycles. The summed E-state index contributed by atoms with van der Waals surface area (Å²) < 4.78 is 0. The van der Waals surface area contributed by atoms with Crippen LogP contribution in [0.2, 0.25) is 0 Å². The fourth-order valence-electron chi connectivity index (χ4n) is 1.88. The highest BCUT2D eigenvalue weighted by atomic mass is 14.0. The summed E-state index contributed by atoms with van der Waals surface area (Å²) in [5.74, 6) is 0. The van der Waals surface area contributed by atoms with Gasteiger partial charge in [0.25, 0.3) is 0 Å². The molecular weight excluding hydrogens is 240 g/mol. The van der Waals surface area contributed by atoms with Crippen LogP contribution < -0.4 is 0 Å². The highest BCUT2D eigenvalue weighted by Crippen LogP contribution is 2.21. The summed E-state index contributed by atoms with van der Waals surface area (Å²) >= 11 is 0. The standard InChI is InChI=1S/C14H10.2C3H8/c1-2-6-12-10-14-8-4-3-7-13(14)9-11(12)5-1;2*1-3-2/h1-10H;2*3H2,1-2H3. The zero-order chi connectivity index (χ0) is 14.8. The van der Waals surface area contributed by atoms with E-state index in [9.17, 15) is 0 Å². The van der Waals surface area contributed by atoms with E-state index in [0.29, 0.717) is 0 Å². The second-order valence-electron chi connectivity index (χ2n) is 4.96. The highest BCUT2D eigenvalue weighted by molar-refractivity contribution is 5.98. The van der Waals surface area contributed by atoms with Gasteiger partial charge in [0, 0.05) is 0 Å². The van der Waals surface area contributed by atoms with Crippen LogP contribution in [0.15, 0.2) is 60.7 Å². The third-order valence-electron chi connectivity index (χ3n) is 2.61. The monoisotopic (exact) mass is 266 g/mol. The molecule has 0 atom stereocenters. The molecule has 0 saturated heterocycles. The lowest BCUT2D eigenvalue weighted by molar-refractivity contribution is 1.09. The molecule has 0 spiro atoms. The first-order chi connectivity index (χ1) is 9.76. The molecule has 0 bridgehead atoms. The lowest BCUT2D eigenvalue weighted by Crippen LogP contribution is -1.74. The predicted octanol–water partition coefficient (Wildman–Crippen LogP) is 6.83. The topological polar surface area (TPSA) is 0 Å². The van der Waals surface area contributed by atoms with Gasteiger partial charge in [-0.1, -0.05) is 89.1 Å². The van der Waals surface area contributed by atoms with Crippen molar-refractivity contribution in [1.29, 1.82) is 0 Å². The highest BCUT2D eigenvalue weighted by Gasteiger charge is 1.95. The van der Waals surface area contributed by atoms with Gasteiger partial charge in [-0.15, -0.1) is 0 Å². The third-order valence-corrected chi connectivity index (χ3v) is 2.61. The molecule has 0 heterocycles.